The number of allylic oxidation sites excluding steroid dienone is 1. The van der Waals surface area contributed by atoms with Gasteiger partial charge in [0.15, 0.2) is 33.3 Å². The number of sulfone groups is 1. The number of ether oxygens (including phenoxy) is 1. The van der Waals surface area contributed by atoms with Crippen molar-refractivity contribution in [1.29, 1.82) is 0 Å². The first-order chi connectivity index (χ1) is 26.2. The van der Waals surface area contributed by atoms with Gasteiger partial charge in [0.05, 0.1) is 22.8 Å². The van der Waals surface area contributed by atoms with Gasteiger partial charge in [-0.3, -0.25) is 4.79 Å². The summed E-state index contributed by atoms with van der Waals surface area (Å²) in [4.78, 5) is 24.5. The zero-order valence-electron chi connectivity index (χ0n) is 29.4. The average Bonchev–Trinajstić information content (AvgIpc) is 4.00. The van der Waals surface area contributed by atoms with Crippen molar-refractivity contribution in [3.05, 3.63) is 142 Å². The van der Waals surface area contributed by atoms with Crippen molar-refractivity contribution < 1.29 is 26.8 Å². The zero-order valence-corrected chi connectivity index (χ0v) is 30.2. The monoisotopic (exact) mass is 734 g/mol. The summed E-state index contributed by atoms with van der Waals surface area (Å²) in [6.07, 6.45) is 4.25. The van der Waals surface area contributed by atoms with Crippen LogP contribution in [0.3, 0.4) is 0 Å². The Balaban J connectivity index is 1.19. The summed E-state index contributed by atoms with van der Waals surface area (Å²) < 4.78 is 48.1. The molecule has 1 spiro atoms. The molecule has 6 heterocycles. The molecule has 11 heteroatoms. The minimum absolute atomic E-state index is 0.175. The van der Waals surface area contributed by atoms with Crippen molar-refractivity contribution >= 4 is 27.0 Å². The molecule has 2 N–H and O–H groups in total. The summed E-state index contributed by atoms with van der Waals surface area (Å²) in [5.41, 5.74) is 8.23. The van der Waals surface area contributed by atoms with Crippen molar-refractivity contribution in [2.45, 2.75) is 49.3 Å². The van der Waals surface area contributed by atoms with Gasteiger partial charge in [-0.15, -0.1) is 0 Å². The molecule has 5 aliphatic rings. The minimum Gasteiger partial charge on any atom is -0.469 e. The van der Waals surface area contributed by atoms with Gasteiger partial charge >= 0.3 is 0 Å². The highest BCUT2D eigenvalue weighted by molar-refractivity contribution is 7.91. The smallest absolute Gasteiger partial charge is 0.249 e. The van der Waals surface area contributed by atoms with Crippen LogP contribution >= 0.6 is 0 Å². The maximum Gasteiger partial charge on any atom is 0.249 e. The van der Waals surface area contributed by atoms with Crippen molar-refractivity contribution in [2.24, 2.45) is 11.8 Å². The molecule has 0 radical (unpaired) electrons. The lowest BCUT2D eigenvalue weighted by molar-refractivity contribution is -0.125. The van der Waals surface area contributed by atoms with E-state index in [1.807, 2.05) is 32.0 Å². The SMILES string of the molecule is CC(C)[C@@H]1NC(=O)C(CS(=O)(=O)c2ccccc2)Cc2ccc3c(c2)C24c5cccc(c5N[C@H]2O3)-c2cccc3c2C(=CC3)c2cnc(o2)-c2nc1oc24. The Morgan fingerprint density at radius 3 is 2.61 bits per heavy atom. The third kappa shape index (κ3) is 4.27. The predicted octanol–water partition coefficient (Wildman–Crippen LogP) is 7.24. The van der Waals surface area contributed by atoms with Crippen LogP contribution in [0.15, 0.2) is 111 Å². The molecule has 54 heavy (non-hydrogen) atoms. The molecule has 4 aliphatic heterocycles. The third-order valence-corrected chi connectivity index (χ3v) is 13.5. The second-order valence-corrected chi connectivity index (χ2v) is 17.2. The average molecular weight is 735 g/mol. The van der Waals surface area contributed by atoms with Crippen LogP contribution in [0.5, 0.6) is 5.75 Å². The Labute approximate surface area is 311 Å². The van der Waals surface area contributed by atoms with Crippen molar-refractivity contribution in [2.75, 3.05) is 11.1 Å². The van der Waals surface area contributed by atoms with Gasteiger partial charge in [0.25, 0.3) is 0 Å². The van der Waals surface area contributed by atoms with E-state index in [1.54, 1.807) is 36.5 Å². The molecular formula is C43H34N4O6S. The van der Waals surface area contributed by atoms with E-state index in [4.69, 9.17) is 23.5 Å². The van der Waals surface area contributed by atoms with Crippen LogP contribution in [-0.2, 0) is 32.9 Å². The Kier molecular flexibility index (Phi) is 6.46. The van der Waals surface area contributed by atoms with Crippen LogP contribution in [0, 0.1) is 11.8 Å². The topological polar surface area (TPSA) is 137 Å². The number of oxazole rings is 2. The fourth-order valence-corrected chi connectivity index (χ4v) is 10.7. The summed E-state index contributed by atoms with van der Waals surface area (Å²) in [6.45, 7) is 3.95. The fourth-order valence-electron chi connectivity index (χ4n) is 9.18. The zero-order chi connectivity index (χ0) is 36.5. The van der Waals surface area contributed by atoms with E-state index in [1.165, 1.54) is 5.56 Å². The van der Waals surface area contributed by atoms with Crippen molar-refractivity contribution in [3.8, 4) is 28.5 Å². The standard InChI is InChI=1S/C43H34N4O6S/c1-22(2)35-41-46-37-38(53-41)43-30-13-7-12-28(27-11-6-8-24-15-16-29(34(24)27)33-20-44-40(37)51-33)36(30)47-42(43)52-32-17-14-23(19-31(32)43)18-25(39(48)45-35)21-54(49,50)26-9-4-3-5-10-26/h3-14,16-17,19-20,22,25,35,42,47H,15,18,21H2,1-2H3,(H,45,48)/t25?,35-,42-,43?/m0/s1. The maximum atomic E-state index is 14.4. The molecule has 6 aromatic rings. The lowest BCUT2D eigenvalue weighted by atomic mass is 9.72. The molecule has 10 bridgehead atoms. The molecular weight excluding hydrogens is 701 g/mol. The Morgan fingerprint density at radius 2 is 1.76 bits per heavy atom. The number of carbonyl (C=O) groups excluding carboxylic acids is 1. The van der Waals surface area contributed by atoms with Crippen LogP contribution in [-0.4, -0.2) is 36.3 Å². The van der Waals surface area contributed by atoms with Crippen LogP contribution in [0.25, 0.3) is 28.3 Å². The Morgan fingerprint density at radius 1 is 0.926 bits per heavy atom. The number of carbonyl (C=O) groups is 1. The molecule has 268 valence electrons. The third-order valence-electron chi connectivity index (χ3n) is 11.7. The number of amides is 1. The predicted molar refractivity (Wildman–Crippen MR) is 200 cm³/mol. The maximum absolute atomic E-state index is 14.4. The van der Waals surface area contributed by atoms with Gasteiger partial charge in [0.1, 0.15) is 17.2 Å². The van der Waals surface area contributed by atoms with E-state index in [2.05, 4.69) is 53.1 Å². The van der Waals surface area contributed by atoms with Gasteiger partial charge in [0, 0.05) is 28.0 Å². The largest absolute Gasteiger partial charge is 0.469 e. The lowest BCUT2D eigenvalue weighted by Gasteiger charge is -2.28. The van der Waals surface area contributed by atoms with Gasteiger partial charge in [-0.25, -0.2) is 18.4 Å². The number of hydrogen-bond donors (Lipinski definition) is 2. The van der Waals surface area contributed by atoms with Crippen LogP contribution < -0.4 is 15.4 Å². The lowest BCUT2D eigenvalue weighted by Crippen LogP contribution is -2.41. The number of nitrogens with zero attached hydrogens (tertiary/aromatic N) is 2. The van der Waals surface area contributed by atoms with Gasteiger partial charge in [-0.05, 0) is 59.2 Å². The number of rotatable bonds is 4. The van der Waals surface area contributed by atoms with E-state index in [0.717, 1.165) is 51.1 Å². The minimum atomic E-state index is -3.82. The molecule has 0 fully saturated rings. The van der Waals surface area contributed by atoms with Gasteiger partial charge in [-0.2, -0.15) is 0 Å². The Hall–Kier alpha value is -5.94. The first kappa shape index (κ1) is 31.6. The van der Waals surface area contributed by atoms with Gasteiger partial charge in [0.2, 0.25) is 17.7 Å². The summed E-state index contributed by atoms with van der Waals surface area (Å²) in [6, 6.07) is 26.2. The summed E-state index contributed by atoms with van der Waals surface area (Å²) >= 11 is 0. The molecule has 2 aromatic heterocycles. The molecule has 1 aliphatic carbocycles. The number of fused-ring (bicyclic) bond motifs is 7. The number of anilines is 1. The van der Waals surface area contributed by atoms with E-state index in [-0.39, 0.29) is 28.9 Å². The van der Waals surface area contributed by atoms with Crippen LogP contribution in [0.1, 0.15) is 65.1 Å². The van der Waals surface area contributed by atoms with Gasteiger partial charge < -0.3 is 24.2 Å². The number of benzene rings is 4. The highest BCUT2D eigenvalue weighted by Gasteiger charge is 2.61. The van der Waals surface area contributed by atoms with Crippen LogP contribution in [0.2, 0.25) is 0 Å². The molecule has 4 aromatic carbocycles. The molecule has 4 atom stereocenters. The molecule has 0 saturated heterocycles. The number of hydrogen-bond acceptors (Lipinski definition) is 9. The summed E-state index contributed by atoms with van der Waals surface area (Å²) in [7, 11) is -3.82. The summed E-state index contributed by atoms with van der Waals surface area (Å²) in [5, 5.41) is 6.96. The van der Waals surface area contributed by atoms with E-state index in [9.17, 15) is 13.2 Å². The number of nitrogens with one attached hydrogen (secondary N) is 2. The van der Waals surface area contributed by atoms with Crippen LogP contribution in [0.4, 0.5) is 5.69 Å². The highest BCUT2D eigenvalue weighted by Crippen LogP contribution is 2.61. The van der Waals surface area contributed by atoms with Gasteiger partial charge in [-0.1, -0.05) is 86.7 Å². The van der Waals surface area contributed by atoms with Crippen molar-refractivity contribution in [3.63, 3.8) is 0 Å². The quantitative estimate of drug-likeness (QED) is 0.192. The molecule has 0 saturated carbocycles. The first-order valence-electron chi connectivity index (χ1n) is 18.3. The molecule has 2 unspecified atom stereocenters. The highest BCUT2D eigenvalue weighted by atomic mass is 32.2. The molecule has 11 rings (SSSR count). The first-order valence-corrected chi connectivity index (χ1v) is 19.9. The molecule has 10 nitrogen and oxygen atoms in total. The summed E-state index contributed by atoms with van der Waals surface area (Å²) in [5.74, 6) is 0.472. The van der Waals surface area contributed by atoms with Crippen molar-refractivity contribution in [1.82, 2.24) is 15.3 Å². The van der Waals surface area contributed by atoms with E-state index in [0.29, 0.717) is 28.9 Å². The van der Waals surface area contributed by atoms with E-state index >= 15 is 0 Å². The second kappa shape index (κ2) is 11.0. The number of aromatic nitrogens is 2. The Bertz CT molecular complexity index is 2730. The normalized spacial score (nSPS) is 22.6. The molecule has 1 amide bonds. The fraction of sp³-hybridized carbons (Fsp3) is 0.233. The second-order valence-electron chi connectivity index (χ2n) is 15.2. The van der Waals surface area contributed by atoms with E-state index < -0.39 is 39.3 Å². The number of para-hydroxylation sites is 1.